The van der Waals surface area contributed by atoms with Gasteiger partial charge in [-0.05, 0) is 43.6 Å². The van der Waals surface area contributed by atoms with Crippen LogP contribution in [-0.4, -0.2) is 44.7 Å². The Morgan fingerprint density at radius 3 is 2.61 bits per heavy atom. The molecule has 28 heavy (non-hydrogen) atoms. The average Bonchev–Trinajstić information content (AvgIpc) is 2.94. The van der Waals surface area contributed by atoms with Crippen molar-refractivity contribution >= 4 is 5.97 Å². The molecule has 0 aromatic heterocycles. The summed E-state index contributed by atoms with van der Waals surface area (Å²) < 4.78 is 0. The second-order valence-corrected chi connectivity index (χ2v) is 7.58. The van der Waals surface area contributed by atoms with Gasteiger partial charge in [0.15, 0.2) is 0 Å². The van der Waals surface area contributed by atoms with Crippen molar-refractivity contribution in [2.45, 2.75) is 63.3 Å². The van der Waals surface area contributed by atoms with Crippen LogP contribution in [0.2, 0.25) is 0 Å². The van der Waals surface area contributed by atoms with Crippen molar-refractivity contribution in [2.24, 2.45) is 11.8 Å². The topological polar surface area (TPSA) is 98.0 Å². The van der Waals surface area contributed by atoms with E-state index in [2.05, 4.69) is 0 Å². The fourth-order valence-electron chi connectivity index (χ4n) is 3.76. The highest BCUT2D eigenvalue weighted by Gasteiger charge is 2.39. The van der Waals surface area contributed by atoms with Crippen LogP contribution in [0.4, 0.5) is 0 Å². The maximum absolute atomic E-state index is 10.5. The molecule has 0 bridgehead atoms. The summed E-state index contributed by atoms with van der Waals surface area (Å²) in [4.78, 5) is 10.5. The SMILES string of the molecule is O=C(O)CCC/C=C\C[C@@H]1[C@H](C=C[C@@H](O)CCc2ccccc2)[C@H](O)C[C@H]1O. The number of carboxylic acid groups (broad SMARTS) is 1. The fraction of sp³-hybridized carbons (Fsp3) is 0.522. The minimum Gasteiger partial charge on any atom is -0.481 e. The molecule has 4 N–H and O–H groups in total. The molecule has 1 aromatic carbocycles. The first-order chi connectivity index (χ1) is 13.5. The summed E-state index contributed by atoms with van der Waals surface area (Å²) in [5.41, 5.74) is 1.18. The minimum absolute atomic E-state index is 0.0942. The van der Waals surface area contributed by atoms with Gasteiger partial charge in [-0.1, -0.05) is 54.6 Å². The molecule has 1 saturated carbocycles. The van der Waals surface area contributed by atoms with Gasteiger partial charge in [0.1, 0.15) is 0 Å². The molecule has 0 spiro atoms. The third kappa shape index (κ3) is 7.58. The van der Waals surface area contributed by atoms with Crippen LogP contribution in [0.25, 0.3) is 0 Å². The number of aliphatic hydroxyl groups is 3. The van der Waals surface area contributed by atoms with E-state index in [1.165, 1.54) is 5.56 Å². The summed E-state index contributed by atoms with van der Waals surface area (Å²) >= 11 is 0. The smallest absolute Gasteiger partial charge is 0.303 e. The van der Waals surface area contributed by atoms with Crippen molar-refractivity contribution in [2.75, 3.05) is 0 Å². The second kappa shape index (κ2) is 11.8. The molecule has 0 aliphatic heterocycles. The highest BCUT2D eigenvalue weighted by Crippen LogP contribution is 2.36. The Kier molecular flexibility index (Phi) is 9.41. The minimum atomic E-state index is -0.793. The molecular formula is C23H32O5. The third-order valence-corrected chi connectivity index (χ3v) is 5.38. The number of benzene rings is 1. The molecule has 154 valence electrons. The zero-order valence-electron chi connectivity index (χ0n) is 16.2. The van der Waals surface area contributed by atoms with Crippen molar-refractivity contribution in [3.05, 3.63) is 60.2 Å². The van der Waals surface area contributed by atoms with Crippen LogP contribution >= 0.6 is 0 Å². The van der Waals surface area contributed by atoms with E-state index in [0.717, 1.165) is 6.42 Å². The number of aliphatic carboxylic acids is 1. The maximum atomic E-state index is 10.5. The molecule has 1 aliphatic carbocycles. The molecule has 0 radical (unpaired) electrons. The predicted molar refractivity (Wildman–Crippen MR) is 109 cm³/mol. The van der Waals surface area contributed by atoms with Gasteiger partial charge >= 0.3 is 5.97 Å². The Hall–Kier alpha value is -1.95. The number of hydrogen-bond acceptors (Lipinski definition) is 4. The molecule has 5 heteroatoms. The van der Waals surface area contributed by atoms with Gasteiger partial charge in [0.05, 0.1) is 18.3 Å². The van der Waals surface area contributed by atoms with Crippen LogP contribution in [0.15, 0.2) is 54.6 Å². The zero-order valence-corrected chi connectivity index (χ0v) is 16.2. The van der Waals surface area contributed by atoms with E-state index in [-0.39, 0.29) is 18.3 Å². The second-order valence-electron chi connectivity index (χ2n) is 7.58. The Balaban J connectivity index is 1.82. The van der Waals surface area contributed by atoms with Gasteiger partial charge < -0.3 is 20.4 Å². The number of carboxylic acids is 1. The van der Waals surface area contributed by atoms with Gasteiger partial charge in [-0.15, -0.1) is 0 Å². The van der Waals surface area contributed by atoms with Gasteiger partial charge in [-0.25, -0.2) is 0 Å². The van der Waals surface area contributed by atoms with E-state index in [9.17, 15) is 20.1 Å². The van der Waals surface area contributed by atoms with Crippen molar-refractivity contribution in [1.82, 2.24) is 0 Å². The molecule has 1 aromatic rings. The summed E-state index contributed by atoms with van der Waals surface area (Å²) in [5, 5.41) is 39.4. The van der Waals surface area contributed by atoms with Crippen LogP contribution in [0, 0.1) is 11.8 Å². The van der Waals surface area contributed by atoms with Crippen molar-refractivity contribution in [3.8, 4) is 0 Å². The Labute approximate surface area is 167 Å². The van der Waals surface area contributed by atoms with Crippen LogP contribution in [0.5, 0.6) is 0 Å². The fourth-order valence-corrected chi connectivity index (χ4v) is 3.76. The molecule has 1 aliphatic rings. The number of aliphatic hydroxyl groups excluding tert-OH is 3. The van der Waals surface area contributed by atoms with Crippen LogP contribution in [-0.2, 0) is 11.2 Å². The lowest BCUT2D eigenvalue weighted by molar-refractivity contribution is -0.137. The van der Waals surface area contributed by atoms with E-state index in [0.29, 0.717) is 32.1 Å². The first-order valence-corrected chi connectivity index (χ1v) is 10.1. The summed E-state index contributed by atoms with van der Waals surface area (Å²) in [6.45, 7) is 0. The number of allylic oxidation sites excluding steroid dienone is 2. The number of rotatable bonds is 11. The van der Waals surface area contributed by atoms with Crippen molar-refractivity contribution in [1.29, 1.82) is 0 Å². The lowest BCUT2D eigenvalue weighted by atomic mass is 9.89. The number of unbranched alkanes of at least 4 members (excludes halogenated alkanes) is 1. The molecule has 0 unspecified atom stereocenters. The standard InChI is InChI=1S/C23H32O5/c24-18(13-12-17-8-4-3-5-9-17)14-15-20-19(21(25)16-22(20)26)10-6-1-2-7-11-23(27)28/h1,3-6,8-9,14-15,18-22,24-26H,2,7,10-13,16H2,(H,27,28)/b6-1-,15-14?/t18-,19+,20-,21+,22+/m0/s1. The van der Waals surface area contributed by atoms with E-state index in [4.69, 9.17) is 5.11 Å². The Morgan fingerprint density at radius 1 is 1.14 bits per heavy atom. The van der Waals surface area contributed by atoms with Gasteiger partial charge in [-0.2, -0.15) is 0 Å². The largest absolute Gasteiger partial charge is 0.481 e. The normalized spacial score (nSPS) is 26.2. The van der Waals surface area contributed by atoms with E-state index in [1.54, 1.807) is 6.08 Å². The highest BCUT2D eigenvalue weighted by atomic mass is 16.4. The van der Waals surface area contributed by atoms with Crippen LogP contribution in [0.3, 0.4) is 0 Å². The number of hydrogen-bond donors (Lipinski definition) is 4. The first kappa shape index (κ1) is 22.3. The zero-order chi connectivity index (χ0) is 20.4. The lowest BCUT2D eigenvalue weighted by Crippen LogP contribution is -2.20. The molecule has 2 rings (SSSR count). The monoisotopic (exact) mass is 388 g/mol. The van der Waals surface area contributed by atoms with Crippen molar-refractivity contribution < 1.29 is 25.2 Å². The summed E-state index contributed by atoms with van der Waals surface area (Å²) in [7, 11) is 0. The van der Waals surface area contributed by atoms with E-state index < -0.39 is 24.3 Å². The molecule has 0 saturated heterocycles. The summed E-state index contributed by atoms with van der Waals surface area (Å²) in [6.07, 6.45) is 9.51. The molecule has 1 fully saturated rings. The Morgan fingerprint density at radius 2 is 1.89 bits per heavy atom. The number of carbonyl (C=O) groups is 1. The van der Waals surface area contributed by atoms with Gasteiger partial charge in [-0.3, -0.25) is 4.79 Å². The molecule has 0 amide bonds. The lowest BCUT2D eigenvalue weighted by Gasteiger charge is -2.19. The van der Waals surface area contributed by atoms with Crippen LogP contribution in [0.1, 0.15) is 44.1 Å². The molecule has 0 heterocycles. The van der Waals surface area contributed by atoms with Crippen molar-refractivity contribution in [3.63, 3.8) is 0 Å². The molecular weight excluding hydrogens is 356 g/mol. The third-order valence-electron chi connectivity index (χ3n) is 5.38. The molecule has 5 nitrogen and oxygen atoms in total. The quantitative estimate of drug-likeness (QED) is 0.345. The first-order valence-electron chi connectivity index (χ1n) is 10.1. The summed E-state index contributed by atoms with van der Waals surface area (Å²) in [6, 6.07) is 9.99. The summed E-state index contributed by atoms with van der Waals surface area (Å²) in [5.74, 6) is -1.08. The van der Waals surface area contributed by atoms with Gasteiger partial charge in [0, 0.05) is 18.8 Å². The average molecular weight is 389 g/mol. The number of aryl methyl sites for hydroxylation is 1. The van der Waals surface area contributed by atoms with Gasteiger partial charge in [0.25, 0.3) is 0 Å². The maximum Gasteiger partial charge on any atom is 0.303 e. The molecule has 5 atom stereocenters. The van der Waals surface area contributed by atoms with E-state index in [1.807, 2.05) is 48.6 Å². The highest BCUT2D eigenvalue weighted by molar-refractivity contribution is 5.66. The van der Waals surface area contributed by atoms with Crippen LogP contribution < -0.4 is 0 Å². The Bertz CT molecular complexity index is 640. The van der Waals surface area contributed by atoms with Gasteiger partial charge in [0.2, 0.25) is 0 Å². The van der Waals surface area contributed by atoms with E-state index >= 15 is 0 Å². The predicted octanol–water partition coefficient (Wildman–Crippen LogP) is 3.10.